The first-order valence-electron chi connectivity index (χ1n) is 8.61. The van der Waals surface area contributed by atoms with Crippen LogP contribution in [0.25, 0.3) is 12.2 Å². The van der Waals surface area contributed by atoms with Crippen LogP contribution in [0.4, 0.5) is 5.69 Å². The third-order valence-corrected chi connectivity index (χ3v) is 4.78. The summed E-state index contributed by atoms with van der Waals surface area (Å²) in [5, 5.41) is 11.1. The van der Waals surface area contributed by atoms with Gasteiger partial charge in [0.2, 0.25) is 0 Å². The largest absolute Gasteiger partial charge is 0.493 e. The summed E-state index contributed by atoms with van der Waals surface area (Å²) in [7, 11) is 1.50. The Hall–Kier alpha value is -3.41. The molecule has 0 aliphatic carbocycles. The summed E-state index contributed by atoms with van der Waals surface area (Å²) in [4.78, 5) is 37.5. The highest BCUT2D eigenvalue weighted by atomic mass is 127. The van der Waals surface area contributed by atoms with Crippen molar-refractivity contribution in [2.24, 2.45) is 0 Å². The van der Waals surface area contributed by atoms with Gasteiger partial charge in [-0.25, -0.2) is 4.79 Å². The van der Waals surface area contributed by atoms with Crippen LogP contribution in [0.15, 0.2) is 52.1 Å². The minimum atomic E-state index is -1.07. The maximum absolute atomic E-state index is 11.7. The summed E-state index contributed by atoms with van der Waals surface area (Å²) in [5.41, 5.74) is -1.21. The molecule has 3 rings (SSSR count). The third-order valence-electron chi connectivity index (χ3n) is 4.07. The third kappa shape index (κ3) is 5.14. The summed E-state index contributed by atoms with van der Waals surface area (Å²) < 4.78 is 12.3. The molecule has 0 fully saturated rings. The number of nitro groups is 1. The van der Waals surface area contributed by atoms with Crippen LogP contribution in [0, 0.1) is 13.7 Å². The lowest BCUT2D eigenvalue weighted by atomic mass is 10.1. The van der Waals surface area contributed by atoms with Crippen molar-refractivity contribution in [3.05, 3.63) is 93.8 Å². The molecule has 2 aromatic carbocycles. The van der Waals surface area contributed by atoms with Crippen LogP contribution in [-0.2, 0) is 6.61 Å². The summed E-state index contributed by atoms with van der Waals surface area (Å²) in [6.45, 7) is 0.364. The number of rotatable bonds is 7. The number of hydrogen-bond donors (Lipinski definition) is 2. The minimum absolute atomic E-state index is 0.202. The van der Waals surface area contributed by atoms with Crippen molar-refractivity contribution in [1.82, 2.24) is 9.97 Å². The maximum Gasteiger partial charge on any atom is 0.357 e. The molecule has 2 N–H and O–H groups in total. The van der Waals surface area contributed by atoms with E-state index in [0.717, 1.165) is 9.13 Å². The number of nitrogens with zero attached hydrogens (tertiary/aromatic N) is 1. The van der Waals surface area contributed by atoms with Crippen LogP contribution in [0.1, 0.15) is 16.8 Å². The van der Waals surface area contributed by atoms with E-state index in [-0.39, 0.29) is 5.69 Å². The molecule has 154 valence electrons. The molecule has 0 aliphatic heterocycles. The van der Waals surface area contributed by atoms with E-state index in [0.29, 0.717) is 23.7 Å². The molecule has 0 saturated heterocycles. The lowest BCUT2D eigenvalue weighted by Crippen LogP contribution is -2.25. The number of methoxy groups -OCH3 is 1. The molecule has 1 aromatic heterocycles. The number of ether oxygens (including phenoxy) is 2. The fourth-order valence-electron chi connectivity index (χ4n) is 2.63. The number of aromatic nitrogens is 2. The Labute approximate surface area is 183 Å². The van der Waals surface area contributed by atoms with Crippen molar-refractivity contribution in [2.45, 2.75) is 6.61 Å². The average molecular weight is 521 g/mol. The molecule has 1 heterocycles. The highest BCUT2D eigenvalue weighted by molar-refractivity contribution is 14.1. The van der Waals surface area contributed by atoms with Gasteiger partial charge in [0.05, 0.1) is 12.0 Å². The summed E-state index contributed by atoms with van der Waals surface area (Å²) >= 11 is 2.23. The summed E-state index contributed by atoms with van der Waals surface area (Å²) in [6, 6.07) is 13.0. The van der Waals surface area contributed by atoms with Gasteiger partial charge in [-0.15, -0.1) is 0 Å². The van der Waals surface area contributed by atoms with E-state index in [1.807, 2.05) is 29.2 Å². The molecule has 0 bridgehead atoms. The molecule has 9 nitrogen and oxygen atoms in total. The lowest BCUT2D eigenvalue weighted by molar-refractivity contribution is -0.386. The molecule has 0 aliphatic rings. The van der Waals surface area contributed by atoms with Gasteiger partial charge in [-0.05, 0) is 64.1 Å². The van der Waals surface area contributed by atoms with E-state index < -0.39 is 21.9 Å². The minimum Gasteiger partial charge on any atom is -0.493 e. The van der Waals surface area contributed by atoms with E-state index >= 15 is 0 Å². The zero-order valence-corrected chi connectivity index (χ0v) is 17.8. The normalized spacial score (nSPS) is 10.9. The highest BCUT2D eigenvalue weighted by Crippen LogP contribution is 2.29. The molecule has 0 spiro atoms. The van der Waals surface area contributed by atoms with Crippen LogP contribution in [0.3, 0.4) is 0 Å². The Balaban J connectivity index is 1.83. The van der Waals surface area contributed by atoms with E-state index in [2.05, 4.69) is 27.6 Å². The molecule has 0 unspecified atom stereocenters. The number of nitrogens with one attached hydrogen (secondary N) is 2. The highest BCUT2D eigenvalue weighted by Gasteiger charge is 2.18. The molecular formula is C20H16IN3O6. The molecule has 0 radical (unpaired) electrons. The first-order valence-corrected chi connectivity index (χ1v) is 9.69. The van der Waals surface area contributed by atoms with Gasteiger partial charge in [0.1, 0.15) is 12.3 Å². The van der Waals surface area contributed by atoms with Crippen molar-refractivity contribution in [1.29, 1.82) is 0 Å². The van der Waals surface area contributed by atoms with Crippen molar-refractivity contribution in [2.75, 3.05) is 7.11 Å². The van der Waals surface area contributed by atoms with Gasteiger partial charge in [-0.1, -0.05) is 24.3 Å². The first-order chi connectivity index (χ1) is 14.4. The predicted octanol–water partition coefficient (Wildman–Crippen LogP) is 3.33. The Kier molecular flexibility index (Phi) is 6.67. The molecule has 10 heteroatoms. The zero-order valence-electron chi connectivity index (χ0n) is 15.7. The zero-order chi connectivity index (χ0) is 21.7. The number of halogens is 1. The molecule has 3 aromatic rings. The van der Waals surface area contributed by atoms with Crippen molar-refractivity contribution >= 4 is 40.4 Å². The van der Waals surface area contributed by atoms with Gasteiger partial charge in [0.15, 0.2) is 11.5 Å². The van der Waals surface area contributed by atoms with E-state index in [1.54, 1.807) is 18.2 Å². The Bertz CT molecular complexity index is 1210. The fraction of sp³-hybridized carbons (Fsp3) is 0.100. The van der Waals surface area contributed by atoms with E-state index in [9.17, 15) is 19.7 Å². The van der Waals surface area contributed by atoms with Crippen LogP contribution < -0.4 is 20.7 Å². The van der Waals surface area contributed by atoms with Gasteiger partial charge in [-0.3, -0.25) is 19.9 Å². The fourth-order valence-corrected chi connectivity index (χ4v) is 2.99. The molecule has 0 amide bonds. The second-order valence-corrected chi connectivity index (χ2v) is 7.33. The van der Waals surface area contributed by atoms with Crippen LogP contribution in [0.2, 0.25) is 0 Å². The first kappa shape index (κ1) is 21.3. The number of aromatic amines is 2. The second-order valence-electron chi connectivity index (χ2n) is 6.09. The molecule has 0 saturated carbocycles. The van der Waals surface area contributed by atoms with Crippen LogP contribution in [0.5, 0.6) is 11.5 Å². The molecule has 30 heavy (non-hydrogen) atoms. The SMILES string of the molecule is COc1cc(/C=C/c2[nH]c(=O)[nH]c(=O)c2[N+](=O)[O-])ccc1OCc1ccc(I)cc1. The van der Waals surface area contributed by atoms with Crippen molar-refractivity contribution < 1.29 is 14.4 Å². The molecule has 0 atom stereocenters. The number of H-pyrrole nitrogens is 2. The van der Waals surface area contributed by atoms with E-state index in [1.165, 1.54) is 19.3 Å². The van der Waals surface area contributed by atoms with Gasteiger partial charge in [-0.2, -0.15) is 0 Å². The van der Waals surface area contributed by atoms with Gasteiger partial charge in [0, 0.05) is 3.57 Å². The smallest absolute Gasteiger partial charge is 0.357 e. The Morgan fingerprint density at radius 2 is 1.80 bits per heavy atom. The summed E-state index contributed by atoms with van der Waals surface area (Å²) in [5.74, 6) is 1.00. The van der Waals surface area contributed by atoms with Crippen LogP contribution in [-0.4, -0.2) is 22.0 Å². The summed E-state index contributed by atoms with van der Waals surface area (Å²) in [6.07, 6.45) is 2.80. The quantitative estimate of drug-likeness (QED) is 0.279. The van der Waals surface area contributed by atoms with Crippen LogP contribution >= 0.6 is 22.6 Å². The lowest BCUT2D eigenvalue weighted by Gasteiger charge is -2.11. The second kappa shape index (κ2) is 9.39. The van der Waals surface area contributed by atoms with Gasteiger partial charge >= 0.3 is 16.9 Å². The Morgan fingerprint density at radius 1 is 1.07 bits per heavy atom. The maximum atomic E-state index is 11.7. The predicted molar refractivity (Wildman–Crippen MR) is 120 cm³/mol. The van der Waals surface area contributed by atoms with Gasteiger partial charge in [0.25, 0.3) is 0 Å². The molecular weight excluding hydrogens is 505 g/mol. The number of benzene rings is 2. The van der Waals surface area contributed by atoms with E-state index in [4.69, 9.17) is 9.47 Å². The van der Waals surface area contributed by atoms with Gasteiger partial charge < -0.3 is 14.5 Å². The average Bonchev–Trinajstić information content (AvgIpc) is 2.71. The van der Waals surface area contributed by atoms with Crippen molar-refractivity contribution in [3.8, 4) is 11.5 Å². The topological polar surface area (TPSA) is 127 Å². The monoisotopic (exact) mass is 521 g/mol. The Morgan fingerprint density at radius 3 is 2.47 bits per heavy atom. The standard InChI is InChI=1S/C20H16IN3O6/c1-29-17-10-12(4-8-15-18(24(27)28)19(25)23-20(26)22-15)5-9-16(17)30-11-13-2-6-14(21)7-3-13/h2-10H,11H2,1H3,(H2,22,23,25,26)/b8-4+. The number of hydrogen-bond acceptors (Lipinski definition) is 6. The van der Waals surface area contributed by atoms with Crippen molar-refractivity contribution in [3.63, 3.8) is 0 Å².